The summed E-state index contributed by atoms with van der Waals surface area (Å²) in [5.74, 6) is 0.873. The van der Waals surface area contributed by atoms with Gasteiger partial charge in [0.2, 0.25) is 11.8 Å². The van der Waals surface area contributed by atoms with E-state index < -0.39 is 0 Å². The van der Waals surface area contributed by atoms with E-state index in [0.29, 0.717) is 38.9 Å². The average Bonchev–Trinajstić information content (AvgIpc) is 3.42. The van der Waals surface area contributed by atoms with Crippen LogP contribution >= 0.6 is 22.9 Å². The van der Waals surface area contributed by atoms with Crippen molar-refractivity contribution in [1.82, 2.24) is 30.0 Å². The van der Waals surface area contributed by atoms with Gasteiger partial charge in [-0.2, -0.15) is 0 Å². The SMILES string of the molecule is CC(C)N(Cc1nnc(-c2ccccc2Cl)o1)C(=O)c1csc(-c2ncccn2)n1. The first-order chi connectivity index (χ1) is 14.5. The number of hydrogen-bond donors (Lipinski definition) is 0. The fraction of sp³-hybridized carbons (Fsp3) is 0.200. The van der Waals surface area contributed by atoms with E-state index in [1.54, 1.807) is 40.9 Å². The second kappa shape index (κ2) is 8.68. The van der Waals surface area contributed by atoms with Gasteiger partial charge in [-0.15, -0.1) is 21.5 Å². The number of thiazole rings is 1. The van der Waals surface area contributed by atoms with E-state index in [9.17, 15) is 4.79 Å². The molecule has 0 saturated carbocycles. The molecule has 0 radical (unpaired) electrons. The van der Waals surface area contributed by atoms with Crippen LogP contribution in [0.5, 0.6) is 0 Å². The fourth-order valence-corrected chi connectivity index (χ4v) is 3.68. The molecule has 30 heavy (non-hydrogen) atoms. The molecule has 8 nitrogen and oxygen atoms in total. The van der Waals surface area contributed by atoms with Crippen molar-refractivity contribution in [2.45, 2.75) is 26.4 Å². The third-order valence-electron chi connectivity index (χ3n) is 4.24. The van der Waals surface area contributed by atoms with Crippen LogP contribution in [-0.4, -0.2) is 42.0 Å². The van der Waals surface area contributed by atoms with Gasteiger partial charge in [0.15, 0.2) is 10.8 Å². The number of benzene rings is 1. The fourth-order valence-electron chi connectivity index (χ4n) is 2.73. The second-order valence-electron chi connectivity index (χ2n) is 6.62. The number of carbonyl (C=O) groups excluding carboxylic acids is 1. The summed E-state index contributed by atoms with van der Waals surface area (Å²) in [7, 11) is 0. The first-order valence-corrected chi connectivity index (χ1v) is 10.4. The summed E-state index contributed by atoms with van der Waals surface area (Å²) in [6.07, 6.45) is 3.27. The molecule has 0 aliphatic rings. The summed E-state index contributed by atoms with van der Waals surface area (Å²) >= 11 is 7.52. The molecule has 1 amide bonds. The predicted octanol–water partition coefficient (Wildman–Crippen LogP) is 4.35. The van der Waals surface area contributed by atoms with E-state index in [2.05, 4.69) is 25.1 Å². The maximum Gasteiger partial charge on any atom is 0.274 e. The number of nitrogens with zero attached hydrogens (tertiary/aromatic N) is 6. The molecule has 3 aromatic heterocycles. The number of halogens is 1. The van der Waals surface area contributed by atoms with Crippen molar-refractivity contribution >= 4 is 28.8 Å². The standard InChI is InChI=1S/C20H17ClN6O2S/c1-12(2)27(10-16-25-26-18(29-16)13-6-3-4-7-14(13)21)20(28)15-11-30-19(24-15)17-22-8-5-9-23-17/h3-9,11-12H,10H2,1-2H3. The lowest BCUT2D eigenvalue weighted by molar-refractivity contribution is 0.0667. The Labute approximate surface area is 181 Å². The molecule has 0 aliphatic carbocycles. The van der Waals surface area contributed by atoms with Crippen LogP contribution in [0.4, 0.5) is 0 Å². The van der Waals surface area contributed by atoms with Gasteiger partial charge in [0, 0.05) is 23.8 Å². The number of aromatic nitrogens is 5. The Morgan fingerprint density at radius 3 is 2.67 bits per heavy atom. The number of amides is 1. The first kappa shape index (κ1) is 20.1. The predicted molar refractivity (Wildman–Crippen MR) is 113 cm³/mol. The molecule has 0 fully saturated rings. The van der Waals surface area contributed by atoms with Crippen LogP contribution in [0.15, 0.2) is 52.5 Å². The molecule has 0 aliphatic heterocycles. The van der Waals surface area contributed by atoms with E-state index in [4.69, 9.17) is 16.0 Å². The maximum absolute atomic E-state index is 13.1. The highest BCUT2D eigenvalue weighted by Gasteiger charge is 2.24. The van der Waals surface area contributed by atoms with Crippen LogP contribution in [-0.2, 0) is 6.54 Å². The van der Waals surface area contributed by atoms with E-state index in [1.165, 1.54) is 11.3 Å². The van der Waals surface area contributed by atoms with Gasteiger partial charge in [0.25, 0.3) is 5.91 Å². The number of rotatable bonds is 6. The molecule has 0 saturated heterocycles. The van der Waals surface area contributed by atoms with Crippen LogP contribution in [0.2, 0.25) is 5.02 Å². The Kier molecular flexibility index (Phi) is 5.82. The Hall–Kier alpha value is -3.17. The first-order valence-electron chi connectivity index (χ1n) is 9.14. The van der Waals surface area contributed by atoms with Crippen LogP contribution < -0.4 is 0 Å². The van der Waals surface area contributed by atoms with E-state index in [-0.39, 0.29) is 18.5 Å². The molecule has 0 bridgehead atoms. The van der Waals surface area contributed by atoms with Gasteiger partial charge >= 0.3 is 0 Å². The minimum atomic E-state index is -0.235. The van der Waals surface area contributed by atoms with Crippen molar-refractivity contribution in [3.8, 4) is 22.3 Å². The summed E-state index contributed by atoms with van der Waals surface area (Å²) in [5, 5.41) is 10.9. The molecule has 0 N–H and O–H groups in total. The summed E-state index contributed by atoms with van der Waals surface area (Å²) < 4.78 is 5.75. The van der Waals surface area contributed by atoms with Crippen molar-refractivity contribution in [1.29, 1.82) is 0 Å². The summed E-state index contributed by atoms with van der Waals surface area (Å²) in [6, 6.07) is 8.83. The summed E-state index contributed by atoms with van der Waals surface area (Å²) in [4.78, 5) is 27.5. The Bertz CT molecular complexity index is 1160. The van der Waals surface area contributed by atoms with E-state index in [0.717, 1.165) is 0 Å². The zero-order valence-corrected chi connectivity index (χ0v) is 17.8. The third kappa shape index (κ3) is 4.22. The van der Waals surface area contributed by atoms with E-state index >= 15 is 0 Å². The van der Waals surface area contributed by atoms with Crippen molar-refractivity contribution in [3.05, 3.63) is 64.7 Å². The average molecular weight is 441 g/mol. The largest absolute Gasteiger partial charge is 0.419 e. The molecule has 0 atom stereocenters. The minimum absolute atomic E-state index is 0.105. The summed E-state index contributed by atoms with van der Waals surface area (Å²) in [6.45, 7) is 3.98. The van der Waals surface area contributed by atoms with Crippen molar-refractivity contribution < 1.29 is 9.21 Å². The van der Waals surface area contributed by atoms with E-state index in [1.807, 2.05) is 26.0 Å². The molecule has 1 aromatic carbocycles. The highest BCUT2D eigenvalue weighted by atomic mass is 35.5. The maximum atomic E-state index is 13.1. The lowest BCUT2D eigenvalue weighted by atomic mass is 10.2. The molecule has 4 rings (SSSR count). The van der Waals surface area contributed by atoms with Gasteiger partial charge in [-0.3, -0.25) is 4.79 Å². The highest BCUT2D eigenvalue weighted by molar-refractivity contribution is 7.13. The van der Waals surface area contributed by atoms with Gasteiger partial charge in [0.05, 0.1) is 17.1 Å². The lowest BCUT2D eigenvalue weighted by Crippen LogP contribution is -2.36. The van der Waals surface area contributed by atoms with Gasteiger partial charge < -0.3 is 9.32 Å². The normalized spacial score (nSPS) is 11.1. The van der Waals surface area contributed by atoms with Gasteiger partial charge in [-0.25, -0.2) is 15.0 Å². The van der Waals surface area contributed by atoms with Gasteiger partial charge in [0.1, 0.15) is 5.69 Å². The highest BCUT2D eigenvalue weighted by Crippen LogP contribution is 2.27. The molecule has 4 aromatic rings. The van der Waals surface area contributed by atoms with Gasteiger partial charge in [-0.1, -0.05) is 23.7 Å². The topological polar surface area (TPSA) is 97.9 Å². The molecule has 3 heterocycles. The molecule has 0 unspecified atom stereocenters. The molecular weight excluding hydrogens is 424 g/mol. The smallest absolute Gasteiger partial charge is 0.274 e. The molecule has 0 spiro atoms. The molecule has 10 heteroatoms. The Balaban J connectivity index is 1.54. The quantitative estimate of drug-likeness (QED) is 0.439. The zero-order valence-electron chi connectivity index (χ0n) is 16.2. The van der Waals surface area contributed by atoms with Crippen LogP contribution in [0.3, 0.4) is 0 Å². The molecule has 152 valence electrons. The zero-order chi connectivity index (χ0) is 21.1. The lowest BCUT2D eigenvalue weighted by Gasteiger charge is -2.24. The Morgan fingerprint density at radius 2 is 1.93 bits per heavy atom. The molecular formula is C20H17ClN6O2S. The van der Waals surface area contributed by atoms with Crippen LogP contribution in [0, 0.1) is 0 Å². The van der Waals surface area contributed by atoms with Crippen molar-refractivity contribution in [3.63, 3.8) is 0 Å². The summed E-state index contributed by atoms with van der Waals surface area (Å²) in [5.41, 5.74) is 0.967. The van der Waals surface area contributed by atoms with Crippen molar-refractivity contribution in [2.75, 3.05) is 0 Å². The second-order valence-corrected chi connectivity index (χ2v) is 7.88. The minimum Gasteiger partial charge on any atom is -0.419 e. The Morgan fingerprint density at radius 1 is 1.17 bits per heavy atom. The van der Waals surface area contributed by atoms with Crippen LogP contribution in [0.1, 0.15) is 30.2 Å². The third-order valence-corrected chi connectivity index (χ3v) is 5.41. The van der Waals surface area contributed by atoms with Crippen molar-refractivity contribution in [2.24, 2.45) is 0 Å². The monoisotopic (exact) mass is 440 g/mol. The number of carbonyl (C=O) groups is 1. The van der Waals surface area contributed by atoms with Crippen LogP contribution in [0.25, 0.3) is 22.3 Å². The number of hydrogen-bond acceptors (Lipinski definition) is 8. The van der Waals surface area contributed by atoms with Gasteiger partial charge in [-0.05, 0) is 32.0 Å².